The zero-order valence-electron chi connectivity index (χ0n) is 37.1. The predicted molar refractivity (Wildman–Crippen MR) is 235 cm³/mol. The molecule has 1 heterocycles. The lowest BCUT2D eigenvalue weighted by Gasteiger charge is -2.40. The molecule has 338 valence electrons. The minimum Gasteiger partial charge on any atom is -0.394 e. The van der Waals surface area contributed by atoms with Crippen molar-refractivity contribution in [1.82, 2.24) is 5.32 Å². The van der Waals surface area contributed by atoms with Gasteiger partial charge < -0.3 is 40.3 Å². The van der Waals surface area contributed by atoms with Crippen molar-refractivity contribution in [3.8, 4) is 0 Å². The van der Waals surface area contributed by atoms with Crippen LogP contribution < -0.4 is 5.32 Å². The Labute approximate surface area is 350 Å². The third-order valence-corrected chi connectivity index (χ3v) is 11.9. The van der Waals surface area contributed by atoms with E-state index in [4.69, 9.17) is 9.47 Å². The number of aliphatic hydroxyl groups excluding tert-OH is 5. The van der Waals surface area contributed by atoms with Crippen molar-refractivity contribution in [3.63, 3.8) is 0 Å². The van der Waals surface area contributed by atoms with Crippen molar-refractivity contribution in [2.45, 2.75) is 275 Å². The second-order valence-corrected chi connectivity index (χ2v) is 17.3. The van der Waals surface area contributed by atoms with Crippen LogP contribution in [0.25, 0.3) is 0 Å². The maximum absolute atomic E-state index is 13.0. The zero-order valence-corrected chi connectivity index (χ0v) is 37.1. The number of carbonyl (C=O) groups excluding carboxylic acids is 1. The first-order valence-electron chi connectivity index (χ1n) is 24.4. The third-order valence-electron chi connectivity index (χ3n) is 11.9. The van der Waals surface area contributed by atoms with Gasteiger partial charge in [0.25, 0.3) is 0 Å². The van der Waals surface area contributed by atoms with Crippen molar-refractivity contribution < 1.29 is 39.8 Å². The minimum atomic E-state index is -1.56. The van der Waals surface area contributed by atoms with Crippen molar-refractivity contribution in [2.75, 3.05) is 13.2 Å². The summed E-state index contributed by atoms with van der Waals surface area (Å²) in [7, 11) is 0. The van der Waals surface area contributed by atoms with Gasteiger partial charge in [0.2, 0.25) is 5.91 Å². The maximum atomic E-state index is 13.0. The Morgan fingerprint density at radius 2 is 0.965 bits per heavy atom. The molecule has 0 radical (unpaired) electrons. The second kappa shape index (κ2) is 39.1. The molecule has 0 aromatic rings. The molecule has 1 saturated heterocycles. The first-order chi connectivity index (χ1) is 27.8. The summed E-state index contributed by atoms with van der Waals surface area (Å²) in [5.74, 6) is -0.173. The highest BCUT2D eigenvalue weighted by Gasteiger charge is 2.44. The molecule has 0 bridgehead atoms. The van der Waals surface area contributed by atoms with E-state index >= 15 is 0 Å². The molecule has 9 heteroatoms. The molecule has 0 aliphatic carbocycles. The van der Waals surface area contributed by atoms with Crippen LogP contribution in [0.5, 0.6) is 0 Å². The number of hydrogen-bond acceptors (Lipinski definition) is 8. The molecule has 2 unspecified atom stereocenters. The van der Waals surface area contributed by atoms with E-state index < -0.39 is 49.5 Å². The lowest BCUT2D eigenvalue weighted by atomic mass is 9.99. The Morgan fingerprint density at radius 1 is 0.579 bits per heavy atom. The number of allylic oxidation sites excluding steroid dienone is 1. The molecule has 7 atom stereocenters. The molecule has 57 heavy (non-hydrogen) atoms. The van der Waals surface area contributed by atoms with E-state index in [1.165, 1.54) is 173 Å². The van der Waals surface area contributed by atoms with E-state index in [9.17, 15) is 30.3 Å². The number of rotatable bonds is 41. The average molecular weight is 812 g/mol. The Morgan fingerprint density at radius 3 is 1.37 bits per heavy atom. The highest BCUT2D eigenvalue weighted by molar-refractivity contribution is 5.76. The fourth-order valence-corrected chi connectivity index (χ4v) is 7.92. The number of unbranched alkanes of at least 4 members (excludes halogenated alkanes) is 31. The molecule has 1 fully saturated rings. The molecular weight excluding hydrogens is 719 g/mol. The third kappa shape index (κ3) is 29.7. The second-order valence-electron chi connectivity index (χ2n) is 17.3. The van der Waals surface area contributed by atoms with Crippen LogP contribution in [0.4, 0.5) is 0 Å². The molecule has 1 rings (SSSR count). The van der Waals surface area contributed by atoms with E-state index in [1.807, 2.05) is 6.08 Å². The van der Waals surface area contributed by atoms with Gasteiger partial charge in [-0.1, -0.05) is 219 Å². The highest BCUT2D eigenvalue weighted by atomic mass is 16.7. The van der Waals surface area contributed by atoms with Gasteiger partial charge in [-0.25, -0.2) is 0 Å². The van der Waals surface area contributed by atoms with Gasteiger partial charge in [-0.15, -0.1) is 0 Å². The Kier molecular flexibility index (Phi) is 37.0. The van der Waals surface area contributed by atoms with Gasteiger partial charge in [-0.3, -0.25) is 4.79 Å². The highest BCUT2D eigenvalue weighted by Crippen LogP contribution is 2.23. The number of hydrogen-bond donors (Lipinski definition) is 6. The van der Waals surface area contributed by atoms with E-state index in [-0.39, 0.29) is 12.5 Å². The summed E-state index contributed by atoms with van der Waals surface area (Å²) in [5.41, 5.74) is 0. The summed E-state index contributed by atoms with van der Waals surface area (Å²) in [6, 6.07) is -0.798. The lowest BCUT2D eigenvalue weighted by Crippen LogP contribution is -2.60. The normalized spacial score (nSPS) is 21.0. The SMILES string of the molecule is CCCCCCCCCCCCC/C=C/C(O)C(CO[C@@H]1O[C@H](CO)[C@H](O)[C@H](O)[C@H]1O)NC(=O)CCCCCCCCCCCCCCCCCCCCCCC. The van der Waals surface area contributed by atoms with Gasteiger partial charge in [-0.05, 0) is 19.3 Å². The number of aliphatic hydroxyl groups is 5. The van der Waals surface area contributed by atoms with Crippen LogP contribution in [-0.2, 0) is 14.3 Å². The molecule has 6 N–H and O–H groups in total. The minimum absolute atomic E-state index is 0.173. The van der Waals surface area contributed by atoms with E-state index in [2.05, 4.69) is 19.2 Å². The quantitative estimate of drug-likeness (QED) is 0.0264. The largest absolute Gasteiger partial charge is 0.394 e. The molecule has 0 spiro atoms. The van der Waals surface area contributed by atoms with Gasteiger partial charge in [0.15, 0.2) is 6.29 Å². The number of carbonyl (C=O) groups is 1. The van der Waals surface area contributed by atoms with Crippen LogP contribution in [0, 0.1) is 0 Å². The smallest absolute Gasteiger partial charge is 0.220 e. The summed E-state index contributed by atoms with van der Waals surface area (Å²) in [5, 5.41) is 54.2. The summed E-state index contributed by atoms with van der Waals surface area (Å²) < 4.78 is 11.2. The summed E-state index contributed by atoms with van der Waals surface area (Å²) in [4.78, 5) is 13.0. The van der Waals surface area contributed by atoms with Crippen molar-refractivity contribution in [2.24, 2.45) is 0 Å². The molecule has 0 aromatic carbocycles. The van der Waals surface area contributed by atoms with Crippen molar-refractivity contribution in [3.05, 3.63) is 12.2 Å². The molecule has 1 aliphatic heterocycles. The summed E-state index contributed by atoms with van der Waals surface area (Å²) in [6.45, 7) is 3.79. The molecule has 0 aromatic heterocycles. The van der Waals surface area contributed by atoms with E-state index in [0.29, 0.717) is 6.42 Å². The Bertz CT molecular complexity index is 904. The predicted octanol–water partition coefficient (Wildman–Crippen LogP) is 10.5. The van der Waals surface area contributed by atoms with Crippen LogP contribution >= 0.6 is 0 Å². The van der Waals surface area contributed by atoms with E-state index in [1.54, 1.807) is 6.08 Å². The van der Waals surface area contributed by atoms with Gasteiger partial charge in [0.1, 0.15) is 24.4 Å². The number of nitrogens with one attached hydrogen (secondary N) is 1. The van der Waals surface area contributed by atoms with Crippen LogP contribution in [0.15, 0.2) is 12.2 Å². The Hall–Kier alpha value is -1.07. The van der Waals surface area contributed by atoms with Gasteiger partial charge in [-0.2, -0.15) is 0 Å². The first kappa shape index (κ1) is 53.9. The topological polar surface area (TPSA) is 149 Å². The van der Waals surface area contributed by atoms with E-state index in [0.717, 1.165) is 38.5 Å². The monoisotopic (exact) mass is 812 g/mol. The standard InChI is InChI=1S/C48H93NO8/c1-3-5-7-9-11-13-15-17-18-19-20-21-22-23-24-26-28-30-32-34-36-38-44(52)49-41(40-56-48-47(55)46(54)45(53)43(39-50)57-48)42(51)37-35-33-31-29-27-25-16-14-12-10-8-6-4-2/h35,37,41-43,45-48,50-51,53-55H,3-34,36,38-40H2,1-2H3,(H,49,52)/b37-35+/t41?,42?,43-,45+,46+,47-,48-/m1/s1. The number of amides is 1. The summed E-state index contributed by atoms with van der Waals surface area (Å²) in [6.07, 6.45) is 38.3. The van der Waals surface area contributed by atoms with Crippen LogP contribution in [-0.4, -0.2) is 87.5 Å². The Balaban J connectivity index is 2.27. The molecule has 1 aliphatic rings. The van der Waals surface area contributed by atoms with Crippen LogP contribution in [0.1, 0.15) is 232 Å². The number of ether oxygens (including phenoxy) is 2. The summed E-state index contributed by atoms with van der Waals surface area (Å²) >= 11 is 0. The average Bonchev–Trinajstić information content (AvgIpc) is 3.21. The molecule has 0 saturated carbocycles. The fourth-order valence-electron chi connectivity index (χ4n) is 7.92. The lowest BCUT2D eigenvalue weighted by molar-refractivity contribution is -0.302. The van der Waals surface area contributed by atoms with Crippen LogP contribution in [0.3, 0.4) is 0 Å². The van der Waals surface area contributed by atoms with Crippen molar-refractivity contribution >= 4 is 5.91 Å². The van der Waals surface area contributed by atoms with Crippen molar-refractivity contribution in [1.29, 1.82) is 0 Å². The molecular formula is C48H93NO8. The first-order valence-corrected chi connectivity index (χ1v) is 24.4. The zero-order chi connectivity index (χ0) is 41.6. The van der Waals surface area contributed by atoms with Gasteiger partial charge in [0, 0.05) is 6.42 Å². The molecule has 1 amide bonds. The van der Waals surface area contributed by atoms with Gasteiger partial charge in [0.05, 0.1) is 25.4 Å². The fraction of sp³-hybridized carbons (Fsp3) is 0.938. The van der Waals surface area contributed by atoms with Gasteiger partial charge >= 0.3 is 0 Å². The molecule has 9 nitrogen and oxygen atoms in total. The van der Waals surface area contributed by atoms with Crippen LogP contribution in [0.2, 0.25) is 0 Å². The maximum Gasteiger partial charge on any atom is 0.220 e.